The third-order valence-corrected chi connectivity index (χ3v) is 9.00. The molecule has 39 heavy (non-hydrogen) atoms. The SMILES string of the molecule is CCNC(=O)n1cnc2cc(Cl)c(N3CCN(C4CCN(Cc5ccc(C)cc5F)CC4)C(C)(CC)C3)cc21. The summed E-state index contributed by atoms with van der Waals surface area (Å²) in [5.41, 5.74) is 4.16. The number of carbonyl (C=O) groups is 1. The van der Waals surface area contributed by atoms with Gasteiger partial charge in [-0.3, -0.25) is 14.4 Å². The number of amides is 1. The standard InChI is InChI=1S/C30H40ClFN6O/c1-5-30(4)19-36(27-17-28-26(16-24(27)31)34-20-37(28)29(39)33-6-2)13-14-38(30)23-9-11-35(12-10-23)18-22-8-7-21(3)15-25(22)32/h7-8,15-17,20,23H,5-6,9-14,18-19H2,1-4H3,(H,33,39). The Bertz CT molecular complexity index is 1340. The molecule has 0 radical (unpaired) electrons. The van der Waals surface area contributed by atoms with Gasteiger partial charge in [-0.25, -0.2) is 14.2 Å². The van der Waals surface area contributed by atoms with E-state index in [9.17, 15) is 9.18 Å². The number of nitrogens with zero attached hydrogens (tertiary/aromatic N) is 5. The fourth-order valence-electron chi connectivity index (χ4n) is 6.29. The summed E-state index contributed by atoms with van der Waals surface area (Å²) >= 11 is 6.77. The molecule has 2 aliphatic rings. The zero-order valence-electron chi connectivity index (χ0n) is 23.5. The second kappa shape index (κ2) is 11.4. The van der Waals surface area contributed by atoms with E-state index in [2.05, 4.69) is 38.8 Å². The minimum atomic E-state index is -0.187. The van der Waals surface area contributed by atoms with Gasteiger partial charge in [0.2, 0.25) is 0 Å². The predicted molar refractivity (Wildman–Crippen MR) is 156 cm³/mol. The molecule has 2 aromatic carbocycles. The highest BCUT2D eigenvalue weighted by molar-refractivity contribution is 6.34. The molecule has 2 fully saturated rings. The molecule has 1 unspecified atom stereocenters. The number of nitrogens with one attached hydrogen (secondary N) is 1. The minimum absolute atomic E-state index is 0.00767. The van der Waals surface area contributed by atoms with Crippen LogP contribution in [0, 0.1) is 12.7 Å². The van der Waals surface area contributed by atoms with Crippen molar-refractivity contribution in [3.63, 3.8) is 0 Å². The lowest BCUT2D eigenvalue weighted by molar-refractivity contribution is 0.00850. The van der Waals surface area contributed by atoms with Crippen LogP contribution in [0.25, 0.3) is 11.0 Å². The smallest absolute Gasteiger partial charge is 0.327 e. The summed E-state index contributed by atoms with van der Waals surface area (Å²) in [6, 6.07) is 9.75. The maximum atomic E-state index is 14.4. The van der Waals surface area contributed by atoms with Gasteiger partial charge in [0.15, 0.2) is 0 Å². The molecule has 0 saturated carbocycles. The van der Waals surface area contributed by atoms with Gasteiger partial charge in [-0.05, 0) is 76.9 Å². The Kier molecular flexibility index (Phi) is 8.17. The molecule has 210 valence electrons. The molecule has 1 amide bonds. The van der Waals surface area contributed by atoms with E-state index in [0.29, 0.717) is 29.7 Å². The zero-order chi connectivity index (χ0) is 27.7. The summed E-state index contributed by atoms with van der Waals surface area (Å²) < 4.78 is 16.0. The highest BCUT2D eigenvalue weighted by atomic mass is 35.5. The van der Waals surface area contributed by atoms with Crippen molar-refractivity contribution in [2.75, 3.05) is 44.2 Å². The molecular weight excluding hydrogens is 515 g/mol. The van der Waals surface area contributed by atoms with Crippen molar-refractivity contribution in [3.05, 3.63) is 58.6 Å². The molecular formula is C30H40ClFN6O. The lowest BCUT2D eigenvalue weighted by Gasteiger charge is -2.54. The summed E-state index contributed by atoms with van der Waals surface area (Å²) in [7, 11) is 0. The normalized spacial score (nSPS) is 21.5. The third-order valence-electron chi connectivity index (χ3n) is 8.70. The number of halogens is 2. The Balaban J connectivity index is 1.28. The fourth-order valence-corrected chi connectivity index (χ4v) is 6.57. The number of piperazine rings is 1. The number of likely N-dealkylation sites (tertiary alicyclic amines) is 1. The van der Waals surface area contributed by atoms with Crippen LogP contribution in [0.4, 0.5) is 14.9 Å². The Morgan fingerprint density at radius 1 is 1.15 bits per heavy atom. The topological polar surface area (TPSA) is 56.6 Å². The number of hydrogen-bond donors (Lipinski definition) is 1. The number of piperidine rings is 1. The molecule has 2 aliphatic heterocycles. The molecule has 7 nitrogen and oxygen atoms in total. The number of anilines is 1. The fraction of sp³-hybridized carbons (Fsp3) is 0.533. The second-order valence-corrected chi connectivity index (χ2v) is 11.7. The molecule has 9 heteroatoms. The van der Waals surface area contributed by atoms with Crippen LogP contribution in [0.2, 0.25) is 5.02 Å². The first-order valence-corrected chi connectivity index (χ1v) is 14.5. The molecule has 0 aliphatic carbocycles. The Labute approximate surface area is 235 Å². The summed E-state index contributed by atoms with van der Waals surface area (Å²) in [4.78, 5) is 24.4. The lowest BCUT2D eigenvalue weighted by atomic mass is 9.88. The third kappa shape index (κ3) is 5.65. The van der Waals surface area contributed by atoms with E-state index in [1.54, 1.807) is 17.0 Å². The van der Waals surface area contributed by atoms with Gasteiger partial charge >= 0.3 is 6.03 Å². The quantitative estimate of drug-likeness (QED) is 0.425. The van der Waals surface area contributed by atoms with Crippen molar-refractivity contribution in [3.8, 4) is 0 Å². The maximum absolute atomic E-state index is 14.4. The van der Waals surface area contributed by atoms with Gasteiger partial charge in [0, 0.05) is 49.9 Å². The summed E-state index contributed by atoms with van der Waals surface area (Å²) in [5, 5.41) is 3.51. The molecule has 0 spiro atoms. The van der Waals surface area contributed by atoms with E-state index in [-0.39, 0.29) is 17.4 Å². The molecule has 1 N–H and O–H groups in total. The van der Waals surface area contributed by atoms with Crippen molar-refractivity contribution in [1.82, 2.24) is 24.7 Å². The van der Waals surface area contributed by atoms with Crippen LogP contribution in [-0.4, -0.2) is 76.2 Å². The van der Waals surface area contributed by atoms with Crippen molar-refractivity contribution in [1.29, 1.82) is 0 Å². The van der Waals surface area contributed by atoms with E-state index in [0.717, 1.165) is 74.3 Å². The van der Waals surface area contributed by atoms with Gasteiger partial charge in [0.05, 0.1) is 21.7 Å². The average molecular weight is 555 g/mol. The predicted octanol–water partition coefficient (Wildman–Crippen LogP) is 5.67. The van der Waals surface area contributed by atoms with Crippen LogP contribution < -0.4 is 10.2 Å². The highest BCUT2D eigenvalue weighted by Crippen LogP contribution is 2.37. The number of benzene rings is 2. The first-order valence-electron chi connectivity index (χ1n) is 14.2. The maximum Gasteiger partial charge on any atom is 0.327 e. The van der Waals surface area contributed by atoms with Crippen molar-refractivity contribution < 1.29 is 9.18 Å². The van der Waals surface area contributed by atoms with Gasteiger partial charge in [0.25, 0.3) is 0 Å². The van der Waals surface area contributed by atoms with Gasteiger partial charge < -0.3 is 10.2 Å². The number of rotatable bonds is 6. The zero-order valence-corrected chi connectivity index (χ0v) is 24.3. The summed E-state index contributed by atoms with van der Waals surface area (Å²) in [6.07, 6.45) is 4.75. The van der Waals surface area contributed by atoms with E-state index < -0.39 is 0 Å². The molecule has 3 aromatic rings. The largest absolute Gasteiger partial charge is 0.367 e. The number of imidazole rings is 1. The van der Waals surface area contributed by atoms with Crippen LogP contribution in [0.1, 0.15) is 51.2 Å². The van der Waals surface area contributed by atoms with E-state index in [4.69, 9.17) is 11.6 Å². The summed E-state index contributed by atoms with van der Waals surface area (Å²) in [5.74, 6) is -0.0994. The van der Waals surface area contributed by atoms with Crippen molar-refractivity contribution in [2.24, 2.45) is 0 Å². The van der Waals surface area contributed by atoms with E-state index >= 15 is 0 Å². The van der Waals surface area contributed by atoms with E-state index in [1.165, 1.54) is 0 Å². The Hall–Kier alpha value is -2.68. The Morgan fingerprint density at radius 3 is 2.62 bits per heavy atom. The highest BCUT2D eigenvalue weighted by Gasteiger charge is 2.41. The number of aromatic nitrogens is 2. The van der Waals surface area contributed by atoms with Gasteiger partial charge in [0.1, 0.15) is 12.1 Å². The number of carbonyl (C=O) groups excluding carboxylic acids is 1. The minimum Gasteiger partial charge on any atom is -0.367 e. The van der Waals surface area contributed by atoms with Gasteiger partial charge in [-0.15, -0.1) is 0 Å². The molecule has 5 rings (SSSR count). The first-order chi connectivity index (χ1) is 18.7. The molecule has 1 atom stereocenters. The van der Waals surface area contributed by atoms with Crippen LogP contribution in [0.5, 0.6) is 0 Å². The van der Waals surface area contributed by atoms with Crippen molar-refractivity contribution >= 4 is 34.4 Å². The van der Waals surface area contributed by atoms with Crippen LogP contribution in [0.3, 0.4) is 0 Å². The van der Waals surface area contributed by atoms with Crippen LogP contribution in [-0.2, 0) is 6.54 Å². The van der Waals surface area contributed by atoms with E-state index in [1.807, 2.05) is 38.1 Å². The number of aryl methyl sites for hydroxylation is 1. The molecule has 0 bridgehead atoms. The number of fused-ring (bicyclic) bond motifs is 1. The van der Waals surface area contributed by atoms with Gasteiger partial charge in [-0.1, -0.05) is 30.7 Å². The van der Waals surface area contributed by atoms with Crippen molar-refractivity contribution in [2.45, 2.75) is 65.1 Å². The average Bonchev–Trinajstić information content (AvgIpc) is 3.33. The van der Waals surface area contributed by atoms with Crippen LogP contribution >= 0.6 is 11.6 Å². The summed E-state index contributed by atoms with van der Waals surface area (Å²) in [6.45, 7) is 14.3. The molecule has 2 saturated heterocycles. The first kappa shape index (κ1) is 27.9. The molecule has 1 aromatic heterocycles. The number of hydrogen-bond acceptors (Lipinski definition) is 5. The molecule has 3 heterocycles. The Morgan fingerprint density at radius 2 is 1.92 bits per heavy atom. The van der Waals surface area contributed by atoms with Gasteiger partial charge in [-0.2, -0.15) is 0 Å². The monoisotopic (exact) mass is 554 g/mol. The van der Waals surface area contributed by atoms with Crippen LogP contribution in [0.15, 0.2) is 36.7 Å². The lowest BCUT2D eigenvalue weighted by Crippen LogP contribution is -2.64. The second-order valence-electron chi connectivity index (χ2n) is 11.3.